The fourth-order valence-corrected chi connectivity index (χ4v) is 2.46. The molecule has 0 aromatic carbocycles. The molecular weight excluding hydrogens is 138 g/mol. The summed E-state index contributed by atoms with van der Waals surface area (Å²) in [5, 5.41) is 0. The molecule has 2 fully saturated rings. The Labute approximate surface area is 68.5 Å². The third kappa shape index (κ3) is 1.09. The summed E-state index contributed by atoms with van der Waals surface area (Å²) < 4.78 is 5.27. The van der Waals surface area contributed by atoms with Gasteiger partial charge in [-0.05, 0) is 19.4 Å². The fourth-order valence-electron chi connectivity index (χ4n) is 2.46. The number of rotatable bonds is 2. The standard InChI is InChI=1S/C9H17NO/c1-3-10-6-9(7-10)4-8(5-9)11-2/h8H,3-7H2,1-2H3. The Morgan fingerprint density at radius 1 is 1.45 bits per heavy atom. The molecule has 0 aromatic heterocycles. The zero-order valence-corrected chi connectivity index (χ0v) is 7.47. The Morgan fingerprint density at radius 2 is 2.09 bits per heavy atom. The second kappa shape index (κ2) is 2.46. The summed E-state index contributed by atoms with van der Waals surface area (Å²) in [7, 11) is 1.83. The summed E-state index contributed by atoms with van der Waals surface area (Å²) in [5.74, 6) is 0. The van der Waals surface area contributed by atoms with Gasteiger partial charge in [0.05, 0.1) is 6.10 Å². The average molecular weight is 155 g/mol. The SMILES string of the molecule is CCN1CC2(CC(OC)C2)C1. The predicted octanol–water partition coefficient (Wildman–Crippen LogP) is 1.12. The van der Waals surface area contributed by atoms with E-state index in [0.717, 1.165) is 0 Å². The van der Waals surface area contributed by atoms with Crippen molar-refractivity contribution in [2.75, 3.05) is 26.7 Å². The molecule has 2 rings (SSSR count). The highest BCUT2D eigenvalue weighted by atomic mass is 16.5. The van der Waals surface area contributed by atoms with Gasteiger partial charge in [-0.25, -0.2) is 0 Å². The number of nitrogens with zero attached hydrogens (tertiary/aromatic N) is 1. The normalized spacial score (nSPS) is 30.0. The van der Waals surface area contributed by atoms with Crippen LogP contribution in [-0.2, 0) is 4.74 Å². The first-order valence-electron chi connectivity index (χ1n) is 4.53. The summed E-state index contributed by atoms with van der Waals surface area (Å²) in [4.78, 5) is 2.51. The Bertz CT molecular complexity index is 124. The van der Waals surface area contributed by atoms with Gasteiger partial charge in [-0.15, -0.1) is 0 Å². The van der Waals surface area contributed by atoms with Crippen LogP contribution in [0.2, 0.25) is 0 Å². The lowest BCUT2D eigenvalue weighted by atomic mass is 9.62. The molecule has 64 valence electrons. The monoisotopic (exact) mass is 155 g/mol. The smallest absolute Gasteiger partial charge is 0.0583 e. The van der Waals surface area contributed by atoms with Gasteiger partial charge in [0.25, 0.3) is 0 Å². The van der Waals surface area contributed by atoms with Crippen molar-refractivity contribution in [2.45, 2.75) is 25.9 Å². The topological polar surface area (TPSA) is 12.5 Å². The second-order valence-electron chi connectivity index (χ2n) is 4.07. The number of hydrogen-bond donors (Lipinski definition) is 0. The third-order valence-corrected chi connectivity index (χ3v) is 3.22. The van der Waals surface area contributed by atoms with E-state index in [2.05, 4.69) is 11.8 Å². The maximum Gasteiger partial charge on any atom is 0.0583 e. The van der Waals surface area contributed by atoms with Crippen LogP contribution in [0.1, 0.15) is 19.8 Å². The Hall–Kier alpha value is -0.0800. The first-order valence-corrected chi connectivity index (χ1v) is 4.53. The van der Waals surface area contributed by atoms with Gasteiger partial charge in [-0.2, -0.15) is 0 Å². The van der Waals surface area contributed by atoms with Gasteiger partial charge in [0, 0.05) is 25.6 Å². The van der Waals surface area contributed by atoms with E-state index >= 15 is 0 Å². The van der Waals surface area contributed by atoms with Gasteiger partial charge in [0.1, 0.15) is 0 Å². The van der Waals surface area contributed by atoms with E-state index in [1.54, 1.807) is 0 Å². The van der Waals surface area contributed by atoms with Crippen LogP contribution >= 0.6 is 0 Å². The molecule has 2 nitrogen and oxygen atoms in total. The van der Waals surface area contributed by atoms with Crippen LogP contribution in [0.3, 0.4) is 0 Å². The van der Waals surface area contributed by atoms with E-state index in [-0.39, 0.29) is 0 Å². The molecular formula is C9H17NO. The van der Waals surface area contributed by atoms with Crippen molar-refractivity contribution in [1.82, 2.24) is 4.90 Å². The van der Waals surface area contributed by atoms with Crippen LogP contribution in [0.5, 0.6) is 0 Å². The molecule has 1 aliphatic heterocycles. The summed E-state index contributed by atoms with van der Waals surface area (Å²) in [6, 6.07) is 0. The molecule has 0 atom stereocenters. The second-order valence-corrected chi connectivity index (χ2v) is 4.07. The first-order chi connectivity index (χ1) is 5.28. The number of hydrogen-bond acceptors (Lipinski definition) is 2. The molecule has 0 radical (unpaired) electrons. The van der Waals surface area contributed by atoms with Crippen molar-refractivity contribution < 1.29 is 4.74 Å². The van der Waals surface area contributed by atoms with Gasteiger partial charge < -0.3 is 9.64 Å². The largest absolute Gasteiger partial charge is 0.381 e. The van der Waals surface area contributed by atoms with Gasteiger partial charge in [0.15, 0.2) is 0 Å². The number of ether oxygens (including phenoxy) is 1. The molecule has 11 heavy (non-hydrogen) atoms. The minimum Gasteiger partial charge on any atom is -0.381 e. The molecule has 1 saturated heterocycles. The van der Waals surface area contributed by atoms with Crippen LogP contribution in [0.15, 0.2) is 0 Å². The lowest BCUT2D eigenvalue weighted by molar-refractivity contribution is -0.138. The molecule has 0 unspecified atom stereocenters. The number of methoxy groups -OCH3 is 1. The van der Waals surface area contributed by atoms with Crippen LogP contribution in [-0.4, -0.2) is 37.7 Å². The zero-order chi connectivity index (χ0) is 7.90. The van der Waals surface area contributed by atoms with Crippen molar-refractivity contribution >= 4 is 0 Å². The predicted molar refractivity (Wildman–Crippen MR) is 44.6 cm³/mol. The van der Waals surface area contributed by atoms with Crippen LogP contribution in [0.4, 0.5) is 0 Å². The fraction of sp³-hybridized carbons (Fsp3) is 1.00. The van der Waals surface area contributed by atoms with E-state index in [0.29, 0.717) is 11.5 Å². The molecule has 0 aromatic rings. The van der Waals surface area contributed by atoms with E-state index < -0.39 is 0 Å². The Kier molecular flexibility index (Phi) is 1.69. The first kappa shape index (κ1) is 7.56. The molecule has 2 aliphatic rings. The molecule has 0 N–H and O–H groups in total. The van der Waals surface area contributed by atoms with Crippen molar-refractivity contribution in [2.24, 2.45) is 5.41 Å². The lowest BCUT2D eigenvalue weighted by Gasteiger charge is -2.58. The summed E-state index contributed by atoms with van der Waals surface area (Å²) in [6.45, 7) is 6.10. The Morgan fingerprint density at radius 3 is 2.55 bits per heavy atom. The zero-order valence-electron chi connectivity index (χ0n) is 7.47. The van der Waals surface area contributed by atoms with Gasteiger partial charge in [-0.1, -0.05) is 6.92 Å². The quantitative estimate of drug-likeness (QED) is 0.592. The summed E-state index contributed by atoms with van der Waals surface area (Å²) >= 11 is 0. The third-order valence-electron chi connectivity index (χ3n) is 3.22. The molecule has 1 saturated carbocycles. The molecule has 1 spiro atoms. The van der Waals surface area contributed by atoms with E-state index in [1.807, 2.05) is 7.11 Å². The van der Waals surface area contributed by atoms with Crippen molar-refractivity contribution in [1.29, 1.82) is 0 Å². The average Bonchev–Trinajstić information content (AvgIpc) is 1.83. The molecule has 1 heterocycles. The molecule has 0 amide bonds. The summed E-state index contributed by atoms with van der Waals surface area (Å²) in [6.07, 6.45) is 3.19. The van der Waals surface area contributed by atoms with Crippen LogP contribution in [0, 0.1) is 5.41 Å². The number of likely N-dealkylation sites (tertiary alicyclic amines) is 1. The highest BCUT2D eigenvalue weighted by molar-refractivity contribution is 5.04. The van der Waals surface area contributed by atoms with Crippen molar-refractivity contribution in [3.05, 3.63) is 0 Å². The van der Waals surface area contributed by atoms with Crippen molar-refractivity contribution in [3.8, 4) is 0 Å². The minimum absolute atomic E-state index is 0.578. The lowest BCUT2D eigenvalue weighted by Crippen LogP contribution is -2.63. The highest BCUT2D eigenvalue weighted by Gasteiger charge is 2.51. The van der Waals surface area contributed by atoms with E-state index in [1.165, 1.54) is 32.5 Å². The molecule has 1 aliphatic carbocycles. The van der Waals surface area contributed by atoms with E-state index in [4.69, 9.17) is 4.74 Å². The minimum atomic E-state index is 0.578. The highest BCUT2D eigenvalue weighted by Crippen LogP contribution is 2.49. The van der Waals surface area contributed by atoms with Gasteiger partial charge in [0.2, 0.25) is 0 Å². The van der Waals surface area contributed by atoms with Gasteiger partial charge >= 0.3 is 0 Å². The van der Waals surface area contributed by atoms with Gasteiger partial charge in [-0.3, -0.25) is 0 Å². The summed E-state index contributed by atoms with van der Waals surface area (Å²) in [5.41, 5.74) is 0.691. The van der Waals surface area contributed by atoms with E-state index in [9.17, 15) is 0 Å². The van der Waals surface area contributed by atoms with Crippen LogP contribution in [0.25, 0.3) is 0 Å². The Balaban J connectivity index is 1.75. The molecule has 0 bridgehead atoms. The van der Waals surface area contributed by atoms with Crippen LogP contribution < -0.4 is 0 Å². The van der Waals surface area contributed by atoms with Crippen molar-refractivity contribution in [3.63, 3.8) is 0 Å². The maximum atomic E-state index is 5.27. The maximum absolute atomic E-state index is 5.27. The molecule has 2 heteroatoms.